The van der Waals surface area contributed by atoms with Crippen LogP contribution in [0.15, 0.2) is 6.07 Å². The zero-order valence-electron chi connectivity index (χ0n) is 11.1. The SMILES string of the molecule is Cc1cc(C(CN)NCC(C)C2CC2)c(C)s1. The van der Waals surface area contributed by atoms with Crippen LogP contribution in [0.25, 0.3) is 0 Å². The third-order valence-corrected chi connectivity index (χ3v) is 4.79. The third kappa shape index (κ3) is 3.30. The van der Waals surface area contributed by atoms with E-state index in [2.05, 4.69) is 32.2 Å². The molecular weight excluding hydrogens is 228 g/mol. The lowest BCUT2D eigenvalue weighted by Gasteiger charge is -2.20. The summed E-state index contributed by atoms with van der Waals surface area (Å²) < 4.78 is 0. The molecule has 0 bridgehead atoms. The molecule has 2 unspecified atom stereocenters. The Morgan fingerprint density at radius 1 is 1.47 bits per heavy atom. The van der Waals surface area contributed by atoms with Gasteiger partial charge in [0.05, 0.1) is 0 Å². The molecular formula is C14H24N2S. The highest BCUT2D eigenvalue weighted by Gasteiger charge is 2.28. The second kappa shape index (κ2) is 5.51. The van der Waals surface area contributed by atoms with Crippen molar-refractivity contribution in [2.24, 2.45) is 17.6 Å². The van der Waals surface area contributed by atoms with Crippen LogP contribution in [0.1, 0.15) is 41.1 Å². The van der Waals surface area contributed by atoms with Crippen LogP contribution in [0.4, 0.5) is 0 Å². The average Bonchev–Trinajstić information content (AvgIpc) is 3.07. The maximum absolute atomic E-state index is 5.90. The minimum atomic E-state index is 0.334. The van der Waals surface area contributed by atoms with Gasteiger partial charge in [-0.2, -0.15) is 0 Å². The van der Waals surface area contributed by atoms with Gasteiger partial charge in [0.25, 0.3) is 0 Å². The second-order valence-electron chi connectivity index (χ2n) is 5.38. The monoisotopic (exact) mass is 252 g/mol. The first-order chi connectivity index (χ1) is 8.11. The number of nitrogens with two attached hydrogens (primary N) is 1. The number of hydrogen-bond donors (Lipinski definition) is 2. The van der Waals surface area contributed by atoms with Crippen LogP contribution in [0.3, 0.4) is 0 Å². The van der Waals surface area contributed by atoms with E-state index in [9.17, 15) is 0 Å². The lowest BCUT2D eigenvalue weighted by atomic mass is 10.0. The van der Waals surface area contributed by atoms with Gasteiger partial charge in [-0.25, -0.2) is 0 Å². The standard InChI is InChI=1S/C14H24N2S/c1-9(12-4-5-12)8-16-14(7-15)13-6-10(2)17-11(13)3/h6,9,12,14,16H,4-5,7-8,15H2,1-3H3. The van der Waals surface area contributed by atoms with Gasteiger partial charge in [0.15, 0.2) is 0 Å². The van der Waals surface area contributed by atoms with Crippen molar-refractivity contribution in [1.29, 1.82) is 0 Å². The average molecular weight is 252 g/mol. The van der Waals surface area contributed by atoms with Gasteiger partial charge in [0, 0.05) is 22.3 Å². The molecule has 0 radical (unpaired) electrons. The van der Waals surface area contributed by atoms with Crippen LogP contribution in [0.5, 0.6) is 0 Å². The minimum absolute atomic E-state index is 0.334. The number of nitrogens with one attached hydrogen (secondary N) is 1. The first-order valence-electron chi connectivity index (χ1n) is 6.62. The summed E-state index contributed by atoms with van der Waals surface area (Å²) in [6.07, 6.45) is 2.85. The molecule has 0 amide bonds. The molecule has 0 spiro atoms. The van der Waals surface area contributed by atoms with Crippen molar-refractivity contribution in [3.8, 4) is 0 Å². The lowest BCUT2D eigenvalue weighted by molar-refractivity contribution is 0.422. The van der Waals surface area contributed by atoms with Crippen LogP contribution in [0.2, 0.25) is 0 Å². The normalized spacial score (nSPS) is 19.3. The summed E-state index contributed by atoms with van der Waals surface area (Å²) in [5, 5.41) is 3.64. The van der Waals surface area contributed by atoms with Gasteiger partial charge in [-0.05, 0) is 56.7 Å². The Morgan fingerprint density at radius 3 is 2.65 bits per heavy atom. The Labute approximate surface area is 109 Å². The lowest BCUT2D eigenvalue weighted by Crippen LogP contribution is -2.32. The first-order valence-corrected chi connectivity index (χ1v) is 7.43. The maximum atomic E-state index is 5.90. The highest BCUT2D eigenvalue weighted by molar-refractivity contribution is 7.12. The van der Waals surface area contributed by atoms with Crippen molar-refractivity contribution >= 4 is 11.3 Å². The molecule has 2 nitrogen and oxygen atoms in total. The molecule has 1 aromatic heterocycles. The van der Waals surface area contributed by atoms with E-state index >= 15 is 0 Å². The van der Waals surface area contributed by atoms with Gasteiger partial charge in [0.1, 0.15) is 0 Å². The van der Waals surface area contributed by atoms with Crippen LogP contribution in [0, 0.1) is 25.7 Å². The molecule has 1 fully saturated rings. The Hall–Kier alpha value is -0.380. The summed E-state index contributed by atoms with van der Waals surface area (Å²) in [6, 6.07) is 2.62. The molecule has 3 N–H and O–H groups in total. The highest BCUT2D eigenvalue weighted by Crippen LogP contribution is 2.36. The Morgan fingerprint density at radius 2 is 2.18 bits per heavy atom. The van der Waals surface area contributed by atoms with Crippen molar-refractivity contribution in [2.45, 2.75) is 39.7 Å². The van der Waals surface area contributed by atoms with Gasteiger partial charge in [0.2, 0.25) is 0 Å². The van der Waals surface area contributed by atoms with Crippen LogP contribution < -0.4 is 11.1 Å². The second-order valence-corrected chi connectivity index (χ2v) is 6.84. The number of rotatable bonds is 6. The van der Waals surface area contributed by atoms with Crippen molar-refractivity contribution < 1.29 is 0 Å². The van der Waals surface area contributed by atoms with Crippen LogP contribution in [-0.4, -0.2) is 13.1 Å². The fourth-order valence-electron chi connectivity index (χ4n) is 2.48. The Kier molecular flexibility index (Phi) is 4.23. The first kappa shape index (κ1) is 13.1. The molecule has 2 rings (SSSR count). The van der Waals surface area contributed by atoms with Crippen LogP contribution in [-0.2, 0) is 0 Å². The van der Waals surface area contributed by atoms with Crippen LogP contribution >= 0.6 is 11.3 Å². The summed E-state index contributed by atoms with van der Waals surface area (Å²) in [4.78, 5) is 2.79. The van der Waals surface area contributed by atoms with E-state index in [4.69, 9.17) is 5.73 Å². The van der Waals surface area contributed by atoms with E-state index in [1.54, 1.807) is 0 Å². The van der Waals surface area contributed by atoms with E-state index in [1.807, 2.05) is 11.3 Å². The molecule has 0 aromatic carbocycles. The minimum Gasteiger partial charge on any atom is -0.329 e. The summed E-state index contributed by atoms with van der Waals surface area (Å²) in [7, 11) is 0. The third-order valence-electron chi connectivity index (χ3n) is 3.80. The van der Waals surface area contributed by atoms with Gasteiger partial charge in [-0.15, -0.1) is 11.3 Å². The van der Waals surface area contributed by atoms with Gasteiger partial charge in [-0.3, -0.25) is 0 Å². The van der Waals surface area contributed by atoms with E-state index < -0.39 is 0 Å². The highest BCUT2D eigenvalue weighted by atomic mass is 32.1. The topological polar surface area (TPSA) is 38.0 Å². The summed E-state index contributed by atoms with van der Waals surface area (Å²) in [5.74, 6) is 1.76. The smallest absolute Gasteiger partial charge is 0.0455 e. The predicted molar refractivity (Wildman–Crippen MR) is 75.5 cm³/mol. The molecule has 0 aliphatic heterocycles. The van der Waals surface area contributed by atoms with Crippen molar-refractivity contribution in [1.82, 2.24) is 5.32 Å². The molecule has 1 aromatic rings. The molecule has 1 heterocycles. The van der Waals surface area contributed by atoms with Gasteiger partial charge >= 0.3 is 0 Å². The van der Waals surface area contributed by atoms with E-state index in [0.29, 0.717) is 12.6 Å². The van der Waals surface area contributed by atoms with Gasteiger partial charge < -0.3 is 11.1 Å². The quantitative estimate of drug-likeness (QED) is 0.817. The van der Waals surface area contributed by atoms with E-state index in [0.717, 1.165) is 18.4 Å². The van der Waals surface area contributed by atoms with Crippen molar-refractivity contribution in [3.63, 3.8) is 0 Å². The van der Waals surface area contributed by atoms with Crippen molar-refractivity contribution in [2.75, 3.05) is 13.1 Å². The Bertz CT molecular complexity index is 368. The molecule has 1 saturated carbocycles. The molecule has 1 aliphatic rings. The zero-order valence-corrected chi connectivity index (χ0v) is 11.9. The van der Waals surface area contributed by atoms with E-state index in [-0.39, 0.29) is 0 Å². The van der Waals surface area contributed by atoms with Crippen molar-refractivity contribution in [3.05, 3.63) is 21.4 Å². The van der Waals surface area contributed by atoms with Gasteiger partial charge in [-0.1, -0.05) is 6.92 Å². The molecule has 2 atom stereocenters. The zero-order chi connectivity index (χ0) is 12.4. The summed E-state index contributed by atoms with van der Waals surface area (Å²) in [5.41, 5.74) is 7.30. The fraction of sp³-hybridized carbons (Fsp3) is 0.714. The Balaban J connectivity index is 1.93. The largest absolute Gasteiger partial charge is 0.329 e. The predicted octanol–water partition coefficient (Wildman–Crippen LogP) is 3.00. The molecule has 0 saturated heterocycles. The number of thiophene rings is 1. The molecule has 17 heavy (non-hydrogen) atoms. The maximum Gasteiger partial charge on any atom is 0.0455 e. The van der Waals surface area contributed by atoms with E-state index in [1.165, 1.54) is 28.2 Å². The molecule has 3 heteroatoms. The number of aryl methyl sites for hydroxylation is 2. The summed E-state index contributed by atoms with van der Waals surface area (Å²) in [6.45, 7) is 8.50. The summed E-state index contributed by atoms with van der Waals surface area (Å²) >= 11 is 1.87. The number of hydrogen-bond acceptors (Lipinski definition) is 3. The fourth-order valence-corrected chi connectivity index (χ4v) is 3.46. The molecule has 96 valence electrons. The molecule has 1 aliphatic carbocycles.